The minimum absolute atomic E-state index is 0.0288. The normalized spacial score (nSPS) is 21.0. The Balaban J connectivity index is 1.81. The fourth-order valence-corrected chi connectivity index (χ4v) is 4.77. The SMILES string of the molecule is COC(=O)c1ccc(/C=C/C(=O)OCC(=O)N[C@@]2(C)CCS(=O)(=O)C2)cc1. The predicted molar refractivity (Wildman–Crippen MR) is 97.6 cm³/mol. The number of carbonyl (C=O) groups excluding carboxylic acids is 3. The molecule has 146 valence electrons. The van der Waals surface area contributed by atoms with Crippen LogP contribution in [0.25, 0.3) is 6.08 Å². The highest BCUT2D eigenvalue weighted by Gasteiger charge is 2.39. The van der Waals surface area contributed by atoms with Gasteiger partial charge in [0.1, 0.15) is 0 Å². The largest absolute Gasteiger partial charge is 0.465 e. The van der Waals surface area contributed by atoms with E-state index in [2.05, 4.69) is 10.1 Å². The Bertz CT molecular complexity index is 858. The lowest BCUT2D eigenvalue weighted by molar-refractivity contribution is -0.144. The third kappa shape index (κ3) is 6.21. The van der Waals surface area contributed by atoms with Crippen LogP contribution in [0.1, 0.15) is 29.3 Å². The maximum atomic E-state index is 11.9. The number of esters is 2. The Morgan fingerprint density at radius 1 is 1.22 bits per heavy atom. The summed E-state index contributed by atoms with van der Waals surface area (Å²) in [5.41, 5.74) is 0.212. The molecule has 1 amide bonds. The molecule has 0 spiro atoms. The van der Waals surface area contributed by atoms with Gasteiger partial charge in [-0.2, -0.15) is 0 Å². The summed E-state index contributed by atoms with van der Waals surface area (Å²) >= 11 is 0. The number of hydrogen-bond acceptors (Lipinski definition) is 7. The lowest BCUT2D eigenvalue weighted by Gasteiger charge is -2.23. The summed E-state index contributed by atoms with van der Waals surface area (Å²) in [6.45, 7) is 1.15. The van der Waals surface area contributed by atoms with Crippen molar-refractivity contribution in [2.75, 3.05) is 25.2 Å². The molecule has 1 aromatic carbocycles. The van der Waals surface area contributed by atoms with E-state index in [1.807, 2.05) is 0 Å². The zero-order valence-corrected chi connectivity index (χ0v) is 15.9. The molecular weight excluding hydrogens is 374 g/mol. The fourth-order valence-electron chi connectivity index (χ4n) is 2.68. The summed E-state index contributed by atoms with van der Waals surface area (Å²) < 4.78 is 32.5. The van der Waals surface area contributed by atoms with E-state index in [1.54, 1.807) is 31.2 Å². The van der Waals surface area contributed by atoms with Crippen molar-refractivity contribution in [3.05, 3.63) is 41.5 Å². The summed E-state index contributed by atoms with van der Waals surface area (Å²) in [6.07, 6.45) is 2.96. The van der Waals surface area contributed by atoms with Crippen molar-refractivity contribution in [3.63, 3.8) is 0 Å². The van der Waals surface area contributed by atoms with Crippen molar-refractivity contribution in [2.45, 2.75) is 18.9 Å². The third-order valence-electron chi connectivity index (χ3n) is 4.03. The maximum absolute atomic E-state index is 11.9. The van der Waals surface area contributed by atoms with Gasteiger partial charge >= 0.3 is 11.9 Å². The summed E-state index contributed by atoms with van der Waals surface area (Å²) in [6, 6.07) is 6.37. The molecule has 0 aliphatic carbocycles. The smallest absolute Gasteiger partial charge is 0.337 e. The molecule has 0 aromatic heterocycles. The van der Waals surface area contributed by atoms with Gasteiger partial charge in [0.05, 0.1) is 29.7 Å². The number of hydrogen-bond donors (Lipinski definition) is 1. The van der Waals surface area contributed by atoms with Crippen LogP contribution in [0, 0.1) is 0 Å². The van der Waals surface area contributed by atoms with Crippen molar-refractivity contribution < 1.29 is 32.3 Å². The Morgan fingerprint density at radius 2 is 1.89 bits per heavy atom. The fraction of sp³-hybridized carbons (Fsp3) is 0.389. The van der Waals surface area contributed by atoms with Gasteiger partial charge in [0.15, 0.2) is 16.4 Å². The van der Waals surface area contributed by atoms with E-state index in [0.29, 0.717) is 17.5 Å². The summed E-state index contributed by atoms with van der Waals surface area (Å²) in [7, 11) is -1.86. The molecule has 0 saturated carbocycles. The van der Waals surface area contributed by atoms with Crippen LogP contribution in [-0.4, -0.2) is 57.0 Å². The second-order valence-electron chi connectivity index (χ2n) is 6.51. The summed E-state index contributed by atoms with van der Waals surface area (Å²) in [5, 5.41) is 2.60. The Morgan fingerprint density at radius 3 is 2.44 bits per heavy atom. The number of nitrogens with one attached hydrogen (secondary N) is 1. The van der Waals surface area contributed by atoms with Crippen LogP contribution in [0.4, 0.5) is 0 Å². The minimum atomic E-state index is -3.14. The van der Waals surface area contributed by atoms with E-state index in [-0.39, 0.29) is 11.5 Å². The number of amides is 1. The molecule has 8 nitrogen and oxygen atoms in total. The average molecular weight is 395 g/mol. The first-order valence-electron chi connectivity index (χ1n) is 8.17. The number of sulfone groups is 1. The van der Waals surface area contributed by atoms with E-state index >= 15 is 0 Å². The van der Waals surface area contributed by atoms with Gasteiger partial charge < -0.3 is 14.8 Å². The highest BCUT2D eigenvalue weighted by atomic mass is 32.2. The molecule has 0 radical (unpaired) electrons. The Labute approximate surface area is 157 Å². The van der Waals surface area contributed by atoms with Crippen LogP contribution < -0.4 is 5.32 Å². The van der Waals surface area contributed by atoms with E-state index in [1.165, 1.54) is 13.2 Å². The minimum Gasteiger partial charge on any atom is -0.465 e. The lowest BCUT2D eigenvalue weighted by atomic mass is 10.0. The quantitative estimate of drug-likeness (QED) is 0.557. The first-order chi connectivity index (χ1) is 12.6. The molecule has 27 heavy (non-hydrogen) atoms. The van der Waals surface area contributed by atoms with Gasteiger partial charge in [0, 0.05) is 6.08 Å². The standard InChI is InChI=1S/C18H21NO7S/c1-18(9-10-27(23,24)12-18)19-15(20)11-26-16(21)8-5-13-3-6-14(7-4-13)17(22)25-2/h3-8H,9-12H2,1-2H3,(H,19,20)/b8-5+/t18-/m0/s1. The number of carbonyl (C=O) groups is 3. The molecule has 1 atom stereocenters. The zero-order chi connectivity index (χ0) is 20.1. The topological polar surface area (TPSA) is 116 Å². The molecule has 1 aliphatic heterocycles. The molecule has 0 bridgehead atoms. The van der Waals surface area contributed by atoms with Crippen LogP contribution in [0.2, 0.25) is 0 Å². The number of ether oxygens (including phenoxy) is 2. The van der Waals surface area contributed by atoms with Crippen molar-refractivity contribution >= 4 is 33.8 Å². The van der Waals surface area contributed by atoms with Gasteiger partial charge in [0.25, 0.3) is 5.91 Å². The highest BCUT2D eigenvalue weighted by molar-refractivity contribution is 7.91. The number of rotatable bonds is 6. The van der Waals surface area contributed by atoms with Gasteiger partial charge in [-0.3, -0.25) is 4.79 Å². The summed E-state index contributed by atoms with van der Waals surface area (Å²) in [4.78, 5) is 34.9. The van der Waals surface area contributed by atoms with Gasteiger partial charge in [-0.15, -0.1) is 0 Å². The molecule has 1 fully saturated rings. The second-order valence-corrected chi connectivity index (χ2v) is 8.69. The van der Waals surface area contributed by atoms with Crippen LogP contribution in [0.3, 0.4) is 0 Å². The second kappa shape index (κ2) is 8.34. The highest BCUT2D eigenvalue weighted by Crippen LogP contribution is 2.22. The average Bonchev–Trinajstić information content (AvgIpc) is 2.90. The molecule has 1 aromatic rings. The molecule has 1 heterocycles. The molecule has 1 saturated heterocycles. The molecular formula is C18H21NO7S. The number of benzene rings is 1. The van der Waals surface area contributed by atoms with Gasteiger partial charge in [-0.05, 0) is 37.1 Å². The van der Waals surface area contributed by atoms with Crippen LogP contribution in [-0.2, 0) is 28.9 Å². The van der Waals surface area contributed by atoms with Gasteiger partial charge in [0.2, 0.25) is 0 Å². The Hall–Kier alpha value is -2.68. The van der Waals surface area contributed by atoms with Gasteiger partial charge in [-0.1, -0.05) is 12.1 Å². The molecule has 2 rings (SSSR count). The first-order valence-corrected chi connectivity index (χ1v) is 9.99. The third-order valence-corrected chi connectivity index (χ3v) is 5.94. The van der Waals surface area contributed by atoms with Crippen molar-refractivity contribution in [1.82, 2.24) is 5.32 Å². The first kappa shape index (κ1) is 20.6. The van der Waals surface area contributed by atoms with Crippen molar-refractivity contribution in [1.29, 1.82) is 0 Å². The van der Waals surface area contributed by atoms with Crippen LogP contribution >= 0.6 is 0 Å². The van der Waals surface area contributed by atoms with Crippen molar-refractivity contribution in [2.24, 2.45) is 0 Å². The molecule has 9 heteroatoms. The van der Waals surface area contributed by atoms with Gasteiger partial charge in [-0.25, -0.2) is 18.0 Å². The number of methoxy groups -OCH3 is 1. The van der Waals surface area contributed by atoms with Crippen LogP contribution in [0.5, 0.6) is 0 Å². The van der Waals surface area contributed by atoms with Crippen LogP contribution in [0.15, 0.2) is 30.3 Å². The molecule has 1 aliphatic rings. The van der Waals surface area contributed by atoms with E-state index in [9.17, 15) is 22.8 Å². The summed E-state index contributed by atoms with van der Waals surface area (Å²) in [5.74, 6) is -1.83. The molecule has 1 N–H and O–H groups in total. The van der Waals surface area contributed by atoms with E-state index in [4.69, 9.17) is 4.74 Å². The van der Waals surface area contributed by atoms with E-state index in [0.717, 1.165) is 6.08 Å². The zero-order valence-electron chi connectivity index (χ0n) is 15.1. The lowest BCUT2D eigenvalue weighted by Crippen LogP contribution is -2.48. The monoisotopic (exact) mass is 395 g/mol. The van der Waals surface area contributed by atoms with E-state index < -0.39 is 39.8 Å². The maximum Gasteiger partial charge on any atom is 0.337 e. The molecule has 0 unspecified atom stereocenters. The van der Waals surface area contributed by atoms with Crippen molar-refractivity contribution in [3.8, 4) is 0 Å². The predicted octanol–water partition coefficient (Wildman–Crippen LogP) is 0.723. The Kier molecular flexibility index (Phi) is 6.37.